The van der Waals surface area contributed by atoms with E-state index in [-0.39, 0.29) is 5.56 Å². The van der Waals surface area contributed by atoms with Gasteiger partial charge in [0.25, 0.3) is 5.78 Å². The molecule has 1 aromatic carbocycles. The molecule has 1 aliphatic rings. The minimum Gasteiger partial charge on any atom is -0.475 e. The molecule has 0 heterocycles. The Labute approximate surface area is 91.7 Å². The van der Waals surface area contributed by atoms with Crippen LogP contribution in [0.4, 0.5) is 0 Å². The van der Waals surface area contributed by atoms with Gasteiger partial charge in [-0.2, -0.15) is 0 Å². The number of carboxylic acids is 1. The first-order valence-electron chi connectivity index (χ1n) is 4.66. The fourth-order valence-corrected chi connectivity index (χ4v) is 1.85. The van der Waals surface area contributed by atoms with Crippen LogP contribution in [0.1, 0.15) is 34.7 Å². The molecule has 3 nitrogen and oxygen atoms in total. The third kappa shape index (κ3) is 2.02. The molecule has 78 valence electrons. The Morgan fingerprint density at radius 3 is 2.47 bits per heavy atom. The zero-order valence-corrected chi connectivity index (χ0v) is 8.62. The topological polar surface area (TPSA) is 54.4 Å². The van der Waals surface area contributed by atoms with Gasteiger partial charge in [0.05, 0.1) is 0 Å². The van der Waals surface area contributed by atoms with Gasteiger partial charge in [-0.15, -0.1) is 0 Å². The van der Waals surface area contributed by atoms with Crippen LogP contribution in [0.5, 0.6) is 0 Å². The van der Waals surface area contributed by atoms with Crippen molar-refractivity contribution in [2.24, 2.45) is 0 Å². The van der Waals surface area contributed by atoms with Crippen molar-refractivity contribution in [2.75, 3.05) is 0 Å². The van der Waals surface area contributed by atoms with Crippen LogP contribution in [0.25, 0.3) is 0 Å². The Morgan fingerprint density at radius 1 is 1.33 bits per heavy atom. The van der Waals surface area contributed by atoms with Crippen LogP contribution < -0.4 is 0 Å². The highest BCUT2D eigenvalue weighted by Gasteiger charge is 2.26. The van der Waals surface area contributed by atoms with Crippen LogP contribution in [0.2, 0.25) is 5.02 Å². The number of hydrogen-bond donors (Lipinski definition) is 1. The third-order valence-corrected chi connectivity index (χ3v) is 2.80. The fraction of sp³-hybridized carbons (Fsp3) is 0.273. The Balaban J connectivity index is 2.32. The van der Waals surface area contributed by atoms with Crippen LogP contribution >= 0.6 is 11.6 Å². The average molecular weight is 225 g/mol. The van der Waals surface area contributed by atoms with Gasteiger partial charge in [0.2, 0.25) is 0 Å². The quantitative estimate of drug-likeness (QED) is 0.634. The molecule has 1 saturated carbocycles. The van der Waals surface area contributed by atoms with Gasteiger partial charge in [-0.3, -0.25) is 4.79 Å². The van der Waals surface area contributed by atoms with E-state index in [1.165, 1.54) is 12.1 Å². The number of halogens is 1. The van der Waals surface area contributed by atoms with E-state index in [4.69, 9.17) is 16.7 Å². The van der Waals surface area contributed by atoms with Gasteiger partial charge in [0, 0.05) is 10.6 Å². The molecule has 0 amide bonds. The number of Topliss-reactive ketones (excluding diaryl/α,β-unsaturated/α-hetero) is 1. The highest BCUT2D eigenvalue weighted by atomic mass is 35.5. The van der Waals surface area contributed by atoms with E-state index in [2.05, 4.69) is 0 Å². The number of aliphatic carboxylic acids is 1. The number of carboxylic acid groups (broad SMARTS) is 1. The maximum absolute atomic E-state index is 11.1. The molecule has 0 bridgehead atoms. The molecule has 0 unspecified atom stereocenters. The lowest BCUT2D eigenvalue weighted by atomic mass is 10.1. The molecule has 0 saturated heterocycles. The largest absolute Gasteiger partial charge is 0.475 e. The van der Waals surface area contributed by atoms with Gasteiger partial charge in [0.15, 0.2) is 0 Å². The molecule has 0 aromatic heterocycles. The van der Waals surface area contributed by atoms with Crippen molar-refractivity contribution in [3.8, 4) is 0 Å². The Morgan fingerprint density at radius 2 is 2.00 bits per heavy atom. The summed E-state index contributed by atoms with van der Waals surface area (Å²) in [5.74, 6) is -1.88. The molecule has 1 N–H and O–H groups in total. The van der Waals surface area contributed by atoms with Crippen LogP contribution in [-0.2, 0) is 4.79 Å². The summed E-state index contributed by atoms with van der Waals surface area (Å²) in [6.07, 6.45) is 2.23. The summed E-state index contributed by atoms with van der Waals surface area (Å²) < 4.78 is 0. The van der Waals surface area contributed by atoms with E-state index in [9.17, 15) is 9.59 Å². The van der Waals surface area contributed by atoms with E-state index in [1.807, 2.05) is 0 Å². The van der Waals surface area contributed by atoms with Crippen LogP contribution in [0.3, 0.4) is 0 Å². The molecule has 1 aromatic rings. The predicted octanol–water partition coefficient (Wildman–Crippen LogP) is 2.48. The number of rotatable bonds is 3. The standard InChI is InChI=1S/C11H9ClO3/c12-9-5-7(10(13)11(14)15)3-4-8(9)6-1-2-6/h3-6H,1-2H2,(H,14,15). The molecular weight excluding hydrogens is 216 g/mol. The SMILES string of the molecule is O=C(O)C(=O)c1ccc(C2CC2)c(Cl)c1. The molecule has 4 heteroatoms. The van der Waals surface area contributed by atoms with Crippen molar-refractivity contribution in [3.05, 3.63) is 34.3 Å². The van der Waals surface area contributed by atoms with Crippen molar-refractivity contribution < 1.29 is 14.7 Å². The normalized spacial score (nSPS) is 15.0. The first-order valence-corrected chi connectivity index (χ1v) is 5.04. The van der Waals surface area contributed by atoms with Crippen LogP contribution in [0, 0.1) is 0 Å². The molecule has 1 fully saturated rings. The number of carbonyl (C=O) groups is 2. The molecule has 0 radical (unpaired) electrons. The Hall–Kier alpha value is -1.35. The molecule has 0 aliphatic heterocycles. The zero-order valence-electron chi connectivity index (χ0n) is 7.87. The molecule has 0 spiro atoms. The van der Waals surface area contributed by atoms with Crippen molar-refractivity contribution in [2.45, 2.75) is 18.8 Å². The molecule has 1 aliphatic carbocycles. The minimum atomic E-state index is -1.45. The van der Waals surface area contributed by atoms with Crippen molar-refractivity contribution in [3.63, 3.8) is 0 Å². The van der Waals surface area contributed by atoms with Gasteiger partial charge in [-0.25, -0.2) is 4.79 Å². The number of hydrogen-bond acceptors (Lipinski definition) is 2. The number of carbonyl (C=O) groups excluding carboxylic acids is 1. The highest BCUT2D eigenvalue weighted by Crippen LogP contribution is 2.43. The van der Waals surface area contributed by atoms with Gasteiger partial charge in [-0.05, 0) is 30.4 Å². The predicted molar refractivity (Wildman–Crippen MR) is 55.4 cm³/mol. The summed E-state index contributed by atoms with van der Waals surface area (Å²) in [5.41, 5.74) is 1.15. The van der Waals surface area contributed by atoms with E-state index in [0.717, 1.165) is 18.4 Å². The summed E-state index contributed by atoms with van der Waals surface area (Å²) >= 11 is 5.97. The van der Waals surface area contributed by atoms with Crippen molar-refractivity contribution in [1.29, 1.82) is 0 Å². The van der Waals surface area contributed by atoms with Gasteiger partial charge in [-0.1, -0.05) is 23.7 Å². The van der Waals surface area contributed by atoms with Gasteiger partial charge in [0.1, 0.15) is 0 Å². The number of ketones is 1. The molecular formula is C11H9ClO3. The zero-order chi connectivity index (χ0) is 11.0. The second kappa shape index (κ2) is 3.66. The van der Waals surface area contributed by atoms with Crippen molar-refractivity contribution >= 4 is 23.4 Å². The lowest BCUT2D eigenvalue weighted by Gasteiger charge is -2.03. The minimum absolute atomic E-state index is 0.136. The molecule has 15 heavy (non-hydrogen) atoms. The number of benzene rings is 1. The van der Waals surface area contributed by atoms with Crippen molar-refractivity contribution in [1.82, 2.24) is 0 Å². The Kier molecular flexibility index (Phi) is 2.49. The molecule has 2 rings (SSSR count). The maximum atomic E-state index is 11.1. The summed E-state index contributed by atoms with van der Waals surface area (Å²) in [4.78, 5) is 21.6. The lowest BCUT2D eigenvalue weighted by molar-refractivity contribution is -0.131. The summed E-state index contributed by atoms with van der Waals surface area (Å²) in [5, 5.41) is 9.01. The van der Waals surface area contributed by atoms with Crippen LogP contribution in [0.15, 0.2) is 18.2 Å². The van der Waals surface area contributed by atoms with E-state index < -0.39 is 11.8 Å². The second-order valence-corrected chi connectivity index (χ2v) is 4.05. The summed E-state index contributed by atoms with van der Waals surface area (Å²) in [7, 11) is 0. The second-order valence-electron chi connectivity index (χ2n) is 3.64. The monoisotopic (exact) mass is 224 g/mol. The highest BCUT2D eigenvalue weighted by molar-refractivity contribution is 6.40. The average Bonchev–Trinajstić information content (AvgIpc) is 3.00. The van der Waals surface area contributed by atoms with E-state index in [1.54, 1.807) is 6.07 Å². The molecule has 0 atom stereocenters. The van der Waals surface area contributed by atoms with Gasteiger partial charge < -0.3 is 5.11 Å². The van der Waals surface area contributed by atoms with E-state index >= 15 is 0 Å². The Bertz CT molecular complexity index is 435. The van der Waals surface area contributed by atoms with E-state index in [0.29, 0.717) is 10.9 Å². The first-order chi connectivity index (χ1) is 7.09. The lowest BCUT2D eigenvalue weighted by Crippen LogP contribution is -2.12. The smallest absolute Gasteiger partial charge is 0.377 e. The first kappa shape index (κ1) is 10.2. The fourth-order valence-electron chi connectivity index (χ4n) is 1.52. The third-order valence-electron chi connectivity index (χ3n) is 2.47. The summed E-state index contributed by atoms with van der Waals surface area (Å²) in [6, 6.07) is 4.71. The summed E-state index contributed by atoms with van der Waals surface area (Å²) in [6.45, 7) is 0. The van der Waals surface area contributed by atoms with Crippen LogP contribution in [-0.4, -0.2) is 16.9 Å². The maximum Gasteiger partial charge on any atom is 0.377 e. The van der Waals surface area contributed by atoms with Gasteiger partial charge >= 0.3 is 5.97 Å².